The molecule has 2 fully saturated rings. The second-order valence-electron chi connectivity index (χ2n) is 8.19. The number of anilines is 1. The highest BCUT2D eigenvalue weighted by Gasteiger charge is 2.53. The largest absolute Gasteiger partial charge is 0.488 e. The van der Waals surface area contributed by atoms with E-state index in [0.29, 0.717) is 48.5 Å². The molecule has 0 unspecified atom stereocenters. The molecule has 0 radical (unpaired) electrons. The molecule has 1 aliphatic carbocycles. The minimum absolute atomic E-state index is 0.188. The molecule has 2 aliphatic rings. The maximum atomic E-state index is 15.0. The van der Waals surface area contributed by atoms with Gasteiger partial charge in [-0.2, -0.15) is 0 Å². The summed E-state index contributed by atoms with van der Waals surface area (Å²) in [5.41, 5.74) is 1.14. The Morgan fingerprint density at radius 2 is 1.75 bits per heavy atom. The van der Waals surface area contributed by atoms with Gasteiger partial charge in [-0.1, -0.05) is 48.6 Å². The van der Waals surface area contributed by atoms with Gasteiger partial charge in [0.05, 0.1) is 23.5 Å². The smallest absolute Gasteiger partial charge is 0.225 e. The van der Waals surface area contributed by atoms with Crippen LogP contribution in [-0.2, 0) is 6.61 Å². The fraction of sp³-hybridized carbons (Fsp3) is 0.292. The van der Waals surface area contributed by atoms with Crippen LogP contribution in [0.2, 0.25) is 0 Å². The molecule has 1 spiro atoms. The first-order valence-corrected chi connectivity index (χ1v) is 11.0. The molecule has 164 valence electrons. The average molecular weight is 453 g/mol. The van der Waals surface area contributed by atoms with Crippen molar-refractivity contribution in [3.05, 3.63) is 83.7 Å². The van der Waals surface area contributed by atoms with Crippen LogP contribution in [0.15, 0.2) is 60.9 Å². The van der Waals surface area contributed by atoms with Crippen LogP contribution in [0.1, 0.15) is 24.0 Å². The Labute approximate surface area is 190 Å². The third-order valence-corrected chi connectivity index (χ3v) is 6.46. The van der Waals surface area contributed by atoms with Gasteiger partial charge >= 0.3 is 0 Å². The van der Waals surface area contributed by atoms with Crippen molar-refractivity contribution >= 4 is 23.2 Å². The van der Waals surface area contributed by atoms with E-state index in [4.69, 9.17) is 17.0 Å². The maximum absolute atomic E-state index is 15.0. The minimum Gasteiger partial charge on any atom is -0.488 e. The van der Waals surface area contributed by atoms with E-state index in [1.807, 2.05) is 35.2 Å². The lowest BCUT2D eigenvalue weighted by molar-refractivity contribution is 0.260. The van der Waals surface area contributed by atoms with Gasteiger partial charge in [-0.3, -0.25) is 0 Å². The molecule has 0 N–H and O–H groups in total. The highest BCUT2D eigenvalue weighted by atomic mass is 32.1. The van der Waals surface area contributed by atoms with Crippen molar-refractivity contribution in [3.63, 3.8) is 0 Å². The van der Waals surface area contributed by atoms with Gasteiger partial charge in [0.15, 0.2) is 5.82 Å². The fourth-order valence-electron chi connectivity index (χ4n) is 4.21. The van der Waals surface area contributed by atoms with Gasteiger partial charge in [-0.15, -0.1) is 0 Å². The van der Waals surface area contributed by atoms with Gasteiger partial charge in [-0.05, 0) is 30.5 Å². The van der Waals surface area contributed by atoms with Crippen molar-refractivity contribution in [2.75, 3.05) is 24.5 Å². The molecule has 1 saturated heterocycles. The van der Waals surface area contributed by atoms with E-state index in [2.05, 4.69) is 14.9 Å². The summed E-state index contributed by atoms with van der Waals surface area (Å²) in [6, 6.07) is 14.6. The lowest BCUT2D eigenvalue weighted by Crippen LogP contribution is -2.57. The number of halogens is 2. The van der Waals surface area contributed by atoms with Crippen molar-refractivity contribution in [1.82, 2.24) is 14.9 Å². The number of ether oxygens (including phenoxy) is 1. The predicted molar refractivity (Wildman–Crippen MR) is 122 cm³/mol. The van der Waals surface area contributed by atoms with E-state index in [1.165, 1.54) is 18.5 Å². The highest BCUT2D eigenvalue weighted by molar-refractivity contribution is 7.80. The molecule has 8 heteroatoms. The second kappa shape index (κ2) is 8.43. The number of benzene rings is 2. The van der Waals surface area contributed by atoms with E-state index in [0.717, 1.165) is 18.4 Å². The molecular formula is C24H22F2N4OS. The van der Waals surface area contributed by atoms with Gasteiger partial charge in [0.1, 0.15) is 23.2 Å². The van der Waals surface area contributed by atoms with Gasteiger partial charge in [0.25, 0.3) is 0 Å². The van der Waals surface area contributed by atoms with E-state index in [-0.39, 0.29) is 11.4 Å². The number of hydrogen-bond acceptors (Lipinski definition) is 5. The molecule has 2 heterocycles. The molecule has 0 atom stereocenters. The fourth-order valence-corrected chi connectivity index (χ4v) is 4.69. The van der Waals surface area contributed by atoms with Crippen LogP contribution in [0.25, 0.3) is 0 Å². The lowest BCUT2D eigenvalue weighted by atomic mass is 10.1. The first kappa shape index (κ1) is 20.8. The van der Waals surface area contributed by atoms with Crippen molar-refractivity contribution in [1.29, 1.82) is 0 Å². The zero-order chi connectivity index (χ0) is 22.1. The SMILES string of the molecule is Fc1cnc(N2CCN(C(=S)c3c(F)cccc3OCc3ccccc3)C3(CC3)C2)nc1. The van der Waals surface area contributed by atoms with Crippen LogP contribution < -0.4 is 9.64 Å². The summed E-state index contributed by atoms with van der Waals surface area (Å²) in [6.07, 6.45) is 4.24. The van der Waals surface area contributed by atoms with Gasteiger partial charge in [0, 0.05) is 19.6 Å². The summed E-state index contributed by atoms with van der Waals surface area (Å²) in [4.78, 5) is 12.9. The Kier molecular flexibility index (Phi) is 5.46. The first-order valence-electron chi connectivity index (χ1n) is 10.6. The van der Waals surface area contributed by atoms with E-state index in [1.54, 1.807) is 12.1 Å². The Hall–Kier alpha value is -3.13. The topological polar surface area (TPSA) is 41.5 Å². The summed E-state index contributed by atoms with van der Waals surface area (Å²) in [6.45, 7) is 2.21. The van der Waals surface area contributed by atoms with Gasteiger partial charge in [0.2, 0.25) is 5.95 Å². The zero-order valence-electron chi connectivity index (χ0n) is 17.4. The summed E-state index contributed by atoms with van der Waals surface area (Å²) in [7, 11) is 0. The first-order chi connectivity index (χ1) is 15.6. The predicted octanol–water partition coefficient (Wildman–Crippen LogP) is 4.36. The van der Waals surface area contributed by atoms with Crippen LogP contribution in [-0.4, -0.2) is 45.0 Å². The van der Waals surface area contributed by atoms with Crippen molar-refractivity contribution in [3.8, 4) is 5.75 Å². The van der Waals surface area contributed by atoms with Crippen LogP contribution >= 0.6 is 12.2 Å². The third-order valence-electron chi connectivity index (χ3n) is 6.04. The lowest BCUT2D eigenvalue weighted by Gasteiger charge is -2.43. The number of hydrogen-bond donors (Lipinski definition) is 0. The Balaban J connectivity index is 1.36. The van der Waals surface area contributed by atoms with Crippen molar-refractivity contribution in [2.45, 2.75) is 25.0 Å². The van der Waals surface area contributed by atoms with Crippen LogP contribution in [0.3, 0.4) is 0 Å². The zero-order valence-corrected chi connectivity index (χ0v) is 18.2. The molecule has 1 aliphatic heterocycles. The average Bonchev–Trinajstić information content (AvgIpc) is 3.57. The molecule has 0 amide bonds. The normalized spacial score (nSPS) is 16.8. The highest BCUT2D eigenvalue weighted by Crippen LogP contribution is 2.46. The number of aromatic nitrogens is 2. The van der Waals surface area contributed by atoms with Crippen LogP contribution in [0.4, 0.5) is 14.7 Å². The monoisotopic (exact) mass is 452 g/mol. The van der Waals surface area contributed by atoms with Crippen molar-refractivity contribution in [2.24, 2.45) is 0 Å². The van der Waals surface area contributed by atoms with Crippen molar-refractivity contribution < 1.29 is 13.5 Å². The van der Waals surface area contributed by atoms with Crippen LogP contribution in [0.5, 0.6) is 5.75 Å². The van der Waals surface area contributed by atoms with E-state index >= 15 is 0 Å². The van der Waals surface area contributed by atoms with Gasteiger partial charge in [-0.25, -0.2) is 18.7 Å². The van der Waals surface area contributed by atoms with Crippen LogP contribution in [0, 0.1) is 11.6 Å². The Morgan fingerprint density at radius 3 is 2.47 bits per heavy atom. The van der Waals surface area contributed by atoms with E-state index < -0.39 is 5.82 Å². The second-order valence-corrected chi connectivity index (χ2v) is 8.58. The third kappa shape index (κ3) is 4.02. The Morgan fingerprint density at radius 1 is 1.00 bits per heavy atom. The number of piperazine rings is 1. The molecule has 5 rings (SSSR count). The maximum Gasteiger partial charge on any atom is 0.225 e. The molecule has 1 saturated carbocycles. The van der Waals surface area contributed by atoms with E-state index in [9.17, 15) is 8.78 Å². The number of nitrogens with zero attached hydrogens (tertiary/aromatic N) is 4. The number of thiocarbonyl (C=S) groups is 1. The summed E-state index contributed by atoms with van der Waals surface area (Å²) >= 11 is 5.81. The summed E-state index contributed by atoms with van der Waals surface area (Å²) in [5.74, 6) is 0.0953. The molecular weight excluding hydrogens is 430 g/mol. The molecule has 3 aromatic rings. The molecule has 32 heavy (non-hydrogen) atoms. The molecule has 5 nitrogen and oxygen atoms in total. The molecule has 1 aromatic heterocycles. The standard InChI is InChI=1S/C24H22F2N4OS/c25-18-13-27-23(28-14-18)29-11-12-30(24(16-29)9-10-24)22(32)21-19(26)7-4-8-20(21)31-15-17-5-2-1-3-6-17/h1-8,13-14H,9-12,15-16H2. The summed E-state index contributed by atoms with van der Waals surface area (Å²) in [5, 5.41) is 0. The molecule has 2 aromatic carbocycles. The van der Waals surface area contributed by atoms with Gasteiger partial charge < -0.3 is 14.5 Å². The minimum atomic E-state index is -0.461. The number of rotatable bonds is 5. The quantitative estimate of drug-likeness (QED) is 0.536. The summed E-state index contributed by atoms with van der Waals surface area (Å²) < 4.78 is 34.2. The Bertz CT molecular complexity index is 1120. The molecule has 0 bridgehead atoms.